The van der Waals surface area contributed by atoms with Gasteiger partial charge >= 0.3 is 0 Å². The number of nitrogens with zero attached hydrogens (tertiary/aromatic N) is 4. The van der Waals surface area contributed by atoms with Crippen molar-refractivity contribution in [1.29, 1.82) is 0 Å². The Morgan fingerprint density at radius 3 is 2.22 bits per heavy atom. The molecule has 2 aromatic carbocycles. The molecule has 0 aliphatic carbocycles. The van der Waals surface area contributed by atoms with Crippen LogP contribution in [0.2, 0.25) is 0 Å². The van der Waals surface area contributed by atoms with E-state index in [2.05, 4.69) is 10.2 Å². The third kappa shape index (κ3) is 4.39. The van der Waals surface area contributed by atoms with E-state index >= 15 is 0 Å². The van der Waals surface area contributed by atoms with Gasteiger partial charge in [-0.25, -0.2) is 0 Å². The lowest BCUT2D eigenvalue weighted by Gasteiger charge is -2.01. The number of nitro benzene ring substituents is 2. The van der Waals surface area contributed by atoms with Crippen molar-refractivity contribution in [3.63, 3.8) is 0 Å². The molecule has 0 amide bonds. The normalized spacial score (nSPS) is 10.6. The highest BCUT2D eigenvalue weighted by Crippen LogP contribution is 2.31. The van der Waals surface area contributed by atoms with E-state index < -0.39 is 21.2 Å². The first-order valence-corrected chi connectivity index (χ1v) is 8.48. The second-order valence-corrected chi connectivity index (χ2v) is 6.19. The summed E-state index contributed by atoms with van der Waals surface area (Å²) >= 11 is 1.27. The van der Waals surface area contributed by atoms with E-state index in [9.17, 15) is 20.2 Å². The fraction of sp³-hybridized carbons (Fsp3) is 0.125. The number of methoxy groups -OCH3 is 1. The maximum absolute atomic E-state index is 11.0. The summed E-state index contributed by atoms with van der Waals surface area (Å²) in [5.41, 5.74) is 0.265. The van der Waals surface area contributed by atoms with Gasteiger partial charge in [-0.1, -0.05) is 23.9 Å². The van der Waals surface area contributed by atoms with Gasteiger partial charge in [0.05, 0.1) is 28.6 Å². The van der Waals surface area contributed by atoms with Crippen molar-refractivity contribution in [3.05, 3.63) is 68.3 Å². The molecule has 0 fully saturated rings. The standard InChI is InChI=1S/C16H12N4O6S/c1-25-14-4-2-10(3-5-14)9-27-16-18-17-15(26-16)11-6-12(19(21)22)8-13(7-11)20(23)24/h2-8H,9H2,1H3. The molecule has 1 heterocycles. The molecule has 0 saturated heterocycles. The Morgan fingerprint density at radius 2 is 1.67 bits per heavy atom. The first kappa shape index (κ1) is 18.3. The van der Waals surface area contributed by atoms with Crippen LogP contribution in [0.5, 0.6) is 5.75 Å². The smallest absolute Gasteiger partial charge is 0.277 e. The first-order chi connectivity index (χ1) is 13.0. The maximum atomic E-state index is 11.0. The number of hydrogen-bond acceptors (Lipinski definition) is 9. The van der Waals surface area contributed by atoms with E-state index in [0.717, 1.165) is 29.5 Å². The number of non-ortho nitro benzene ring substituents is 2. The zero-order chi connectivity index (χ0) is 19.4. The number of hydrogen-bond donors (Lipinski definition) is 0. The van der Waals surface area contributed by atoms with Crippen LogP contribution in [0.1, 0.15) is 5.56 Å². The van der Waals surface area contributed by atoms with Gasteiger partial charge < -0.3 is 9.15 Å². The first-order valence-electron chi connectivity index (χ1n) is 7.50. The van der Waals surface area contributed by atoms with Gasteiger partial charge in [0.1, 0.15) is 5.75 Å². The molecule has 0 N–H and O–H groups in total. The molecule has 3 aromatic rings. The minimum absolute atomic E-state index is 0.0287. The Balaban J connectivity index is 1.78. The maximum Gasteiger partial charge on any atom is 0.277 e. The predicted molar refractivity (Wildman–Crippen MR) is 95.6 cm³/mol. The third-order valence-electron chi connectivity index (χ3n) is 3.50. The fourth-order valence-electron chi connectivity index (χ4n) is 2.18. The van der Waals surface area contributed by atoms with E-state index in [1.807, 2.05) is 24.3 Å². The molecule has 3 rings (SSSR count). The summed E-state index contributed by atoms with van der Waals surface area (Å²) < 4.78 is 10.6. The summed E-state index contributed by atoms with van der Waals surface area (Å²) in [6.07, 6.45) is 0. The molecule has 27 heavy (non-hydrogen) atoms. The summed E-state index contributed by atoms with van der Waals surface area (Å²) in [6.45, 7) is 0. The zero-order valence-corrected chi connectivity index (χ0v) is 14.7. The van der Waals surface area contributed by atoms with Crippen molar-refractivity contribution < 1.29 is 19.0 Å². The van der Waals surface area contributed by atoms with E-state index in [0.29, 0.717) is 5.75 Å². The molecule has 0 bridgehead atoms. The van der Waals surface area contributed by atoms with Crippen LogP contribution in [0.25, 0.3) is 11.5 Å². The Morgan fingerprint density at radius 1 is 1.04 bits per heavy atom. The Bertz CT molecular complexity index is 957. The van der Waals surface area contributed by atoms with Gasteiger partial charge in [-0.2, -0.15) is 0 Å². The SMILES string of the molecule is COc1ccc(CSc2nnc(-c3cc([N+](=O)[O-])cc([N+](=O)[O-])c3)o2)cc1. The Kier molecular flexibility index (Phi) is 5.31. The second kappa shape index (κ2) is 7.83. The second-order valence-electron chi connectivity index (χ2n) is 5.26. The molecule has 10 nitrogen and oxygen atoms in total. The summed E-state index contributed by atoms with van der Waals surface area (Å²) in [5, 5.41) is 29.9. The molecular formula is C16H12N4O6S. The highest BCUT2D eigenvalue weighted by atomic mass is 32.2. The van der Waals surface area contributed by atoms with E-state index in [1.54, 1.807) is 7.11 Å². The van der Waals surface area contributed by atoms with Crippen molar-refractivity contribution in [2.75, 3.05) is 7.11 Å². The lowest BCUT2D eigenvalue weighted by molar-refractivity contribution is -0.394. The minimum atomic E-state index is -0.716. The van der Waals surface area contributed by atoms with Crippen LogP contribution >= 0.6 is 11.8 Å². The van der Waals surface area contributed by atoms with E-state index in [4.69, 9.17) is 9.15 Å². The lowest BCUT2D eigenvalue weighted by atomic mass is 10.2. The summed E-state index contributed by atoms with van der Waals surface area (Å²) in [4.78, 5) is 20.5. The van der Waals surface area contributed by atoms with Crippen LogP contribution < -0.4 is 4.74 Å². The number of thioether (sulfide) groups is 1. The van der Waals surface area contributed by atoms with Crippen molar-refractivity contribution in [2.45, 2.75) is 11.0 Å². The number of ether oxygens (including phenoxy) is 1. The molecular weight excluding hydrogens is 376 g/mol. The van der Waals surface area contributed by atoms with Crippen LogP contribution in [-0.4, -0.2) is 27.2 Å². The highest BCUT2D eigenvalue weighted by molar-refractivity contribution is 7.98. The van der Waals surface area contributed by atoms with Gasteiger partial charge in [0.15, 0.2) is 0 Å². The summed E-state index contributed by atoms with van der Waals surface area (Å²) in [5.74, 6) is 1.27. The van der Waals surface area contributed by atoms with Crippen molar-refractivity contribution in [1.82, 2.24) is 10.2 Å². The number of benzene rings is 2. The minimum Gasteiger partial charge on any atom is -0.497 e. The molecule has 0 radical (unpaired) electrons. The molecule has 1 aromatic heterocycles. The molecule has 11 heteroatoms. The fourth-order valence-corrected chi connectivity index (χ4v) is 2.90. The zero-order valence-electron chi connectivity index (χ0n) is 13.9. The van der Waals surface area contributed by atoms with Crippen molar-refractivity contribution in [2.24, 2.45) is 0 Å². The molecule has 0 spiro atoms. The van der Waals surface area contributed by atoms with Gasteiger partial charge in [-0.05, 0) is 17.7 Å². The average Bonchev–Trinajstić information content (AvgIpc) is 3.15. The van der Waals surface area contributed by atoms with Crippen molar-refractivity contribution >= 4 is 23.1 Å². The van der Waals surface area contributed by atoms with E-state index in [1.165, 1.54) is 11.8 Å². The van der Waals surface area contributed by atoms with Gasteiger partial charge in [-0.15, -0.1) is 10.2 Å². The van der Waals surface area contributed by atoms with Crippen LogP contribution in [0, 0.1) is 20.2 Å². The van der Waals surface area contributed by atoms with Crippen LogP contribution in [0.4, 0.5) is 11.4 Å². The highest BCUT2D eigenvalue weighted by Gasteiger charge is 2.20. The summed E-state index contributed by atoms with van der Waals surface area (Å²) in [7, 11) is 1.59. The Hall–Kier alpha value is -3.47. The van der Waals surface area contributed by atoms with Crippen LogP contribution in [0.3, 0.4) is 0 Å². The van der Waals surface area contributed by atoms with Gasteiger partial charge in [0.25, 0.3) is 16.6 Å². The largest absolute Gasteiger partial charge is 0.497 e. The number of rotatable bonds is 7. The molecule has 0 aliphatic heterocycles. The van der Waals surface area contributed by atoms with Crippen LogP contribution in [0.15, 0.2) is 52.1 Å². The molecule has 0 saturated carbocycles. The summed E-state index contributed by atoms with van der Waals surface area (Å²) in [6, 6.07) is 10.6. The monoisotopic (exact) mass is 388 g/mol. The van der Waals surface area contributed by atoms with Crippen LogP contribution in [-0.2, 0) is 5.75 Å². The molecule has 138 valence electrons. The van der Waals surface area contributed by atoms with Gasteiger partial charge in [-0.3, -0.25) is 20.2 Å². The van der Waals surface area contributed by atoms with Gasteiger partial charge in [0.2, 0.25) is 5.89 Å². The van der Waals surface area contributed by atoms with E-state index in [-0.39, 0.29) is 16.7 Å². The average molecular weight is 388 g/mol. The lowest BCUT2D eigenvalue weighted by Crippen LogP contribution is -1.94. The molecule has 0 atom stereocenters. The predicted octanol–water partition coefficient (Wildman–Crippen LogP) is 3.85. The number of nitro groups is 2. The molecule has 0 unspecified atom stereocenters. The molecule has 0 aliphatic rings. The quantitative estimate of drug-likeness (QED) is 0.336. The third-order valence-corrected chi connectivity index (χ3v) is 4.39. The van der Waals surface area contributed by atoms with Gasteiger partial charge in [0, 0.05) is 17.9 Å². The topological polar surface area (TPSA) is 134 Å². The van der Waals surface area contributed by atoms with Crippen molar-refractivity contribution in [3.8, 4) is 17.2 Å². The Labute approximate surface area is 156 Å². The number of aromatic nitrogens is 2.